The van der Waals surface area contributed by atoms with Crippen molar-refractivity contribution in [2.24, 2.45) is 0 Å². The fourth-order valence-corrected chi connectivity index (χ4v) is 2.79. The number of para-hydroxylation sites is 1. The Kier molecular flexibility index (Phi) is 4.61. The molecule has 0 saturated carbocycles. The number of carbonyl (C=O) groups excluding carboxylic acids is 1. The van der Waals surface area contributed by atoms with Gasteiger partial charge in [0, 0.05) is 4.90 Å². The summed E-state index contributed by atoms with van der Waals surface area (Å²) in [5.74, 6) is -0.110. The lowest BCUT2D eigenvalue weighted by Gasteiger charge is -2.07. The van der Waals surface area contributed by atoms with Gasteiger partial charge in [-0.3, -0.25) is 4.79 Å². The molecule has 7 heteroatoms. The van der Waals surface area contributed by atoms with Gasteiger partial charge in [-0.25, -0.2) is 14.1 Å². The van der Waals surface area contributed by atoms with E-state index >= 15 is 0 Å². The first-order valence-corrected chi connectivity index (χ1v) is 8.45. The Morgan fingerprint density at radius 3 is 2.58 bits per heavy atom. The zero-order valence-electron chi connectivity index (χ0n) is 13.2. The van der Waals surface area contributed by atoms with Gasteiger partial charge >= 0.3 is 0 Å². The second kappa shape index (κ2) is 6.84. The zero-order valence-corrected chi connectivity index (χ0v) is 14.0. The third-order valence-corrected chi connectivity index (χ3v) is 4.19. The van der Waals surface area contributed by atoms with Crippen molar-refractivity contribution in [1.82, 2.24) is 14.8 Å². The van der Waals surface area contributed by atoms with Crippen LogP contribution in [-0.4, -0.2) is 26.9 Å². The van der Waals surface area contributed by atoms with Gasteiger partial charge in [-0.15, -0.1) is 16.9 Å². The smallest absolute Gasteiger partial charge is 0.295 e. The van der Waals surface area contributed by atoms with E-state index in [9.17, 15) is 9.18 Å². The van der Waals surface area contributed by atoms with Gasteiger partial charge in [0.2, 0.25) is 5.82 Å². The molecular weight excluding hydrogens is 327 g/mol. The van der Waals surface area contributed by atoms with Crippen LogP contribution < -0.4 is 5.32 Å². The van der Waals surface area contributed by atoms with Crippen molar-refractivity contribution in [2.45, 2.75) is 11.8 Å². The maximum Gasteiger partial charge on any atom is 0.295 e. The summed E-state index contributed by atoms with van der Waals surface area (Å²) in [7, 11) is 0. The van der Waals surface area contributed by atoms with Crippen molar-refractivity contribution in [1.29, 1.82) is 0 Å². The highest BCUT2D eigenvalue weighted by Crippen LogP contribution is 2.24. The van der Waals surface area contributed by atoms with E-state index in [2.05, 4.69) is 15.4 Å². The van der Waals surface area contributed by atoms with E-state index in [1.807, 2.05) is 30.5 Å². The summed E-state index contributed by atoms with van der Waals surface area (Å²) >= 11 is 1.54. The Labute approximate surface area is 142 Å². The number of anilines is 1. The van der Waals surface area contributed by atoms with Gasteiger partial charge in [-0.1, -0.05) is 12.1 Å². The number of hydrogen-bond acceptors (Lipinski definition) is 4. The molecule has 1 amide bonds. The molecule has 0 aliphatic carbocycles. The highest BCUT2D eigenvalue weighted by atomic mass is 32.2. The van der Waals surface area contributed by atoms with Crippen molar-refractivity contribution in [2.75, 3.05) is 11.6 Å². The molecule has 0 unspecified atom stereocenters. The van der Waals surface area contributed by atoms with Gasteiger partial charge in [-0.05, 0) is 49.6 Å². The van der Waals surface area contributed by atoms with Crippen LogP contribution in [0.15, 0.2) is 53.4 Å². The van der Waals surface area contributed by atoms with Crippen LogP contribution in [-0.2, 0) is 0 Å². The fraction of sp³-hybridized carbons (Fsp3) is 0.118. The minimum Gasteiger partial charge on any atom is -0.318 e. The second-order valence-corrected chi connectivity index (χ2v) is 5.87. The van der Waals surface area contributed by atoms with Crippen LogP contribution in [0.1, 0.15) is 16.4 Å². The summed E-state index contributed by atoms with van der Waals surface area (Å²) in [6.45, 7) is 1.74. The van der Waals surface area contributed by atoms with Gasteiger partial charge in [0.25, 0.3) is 5.91 Å². The fourth-order valence-electron chi connectivity index (χ4n) is 2.24. The van der Waals surface area contributed by atoms with Crippen LogP contribution >= 0.6 is 11.8 Å². The van der Waals surface area contributed by atoms with Crippen LogP contribution in [0.4, 0.5) is 10.1 Å². The lowest BCUT2D eigenvalue weighted by molar-refractivity contribution is 0.101. The molecule has 0 aliphatic rings. The first-order valence-electron chi connectivity index (χ1n) is 7.22. The first-order chi connectivity index (χ1) is 11.6. The molecule has 5 nitrogen and oxygen atoms in total. The van der Waals surface area contributed by atoms with Crippen molar-refractivity contribution in [3.05, 3.63) is 66.0 Å². The first kappa shape index (κ1) is 16.2. The third-order valence-electron chi connectivity index (χ3n) is 3.40. The van der Waals surface area contributed by atoms with Crippen LogP contribution in [0.3, 0.4) is 0 Å². The number of aryl methyl sites for hydroxylation is 1. The van der Waals surface area contributed by atoms with E-state index in [0.717, 1.165) is 4.90 Å². The lowest BCUT2D eigenvalue weighted by atomic mass is 10.3. The van der Waals surface area contributed by atoms with Gasteiger partial charge in [0.05, 0.1) is 11.4 Å². The number of rotatable bonds is 4. The second-order valence-electron chi connectivity index (χ2n) is 5.03. The predicted molar refractivity (Wildman–Crippen MR) is 92.2 cm³/mol. The Hall–Kier alpha value is -2.67. The summed E-state index contributed by atoms with van der Waals surface area (Å²) in [4.78, 5) is 17.6. The van der Waals surface area contributed by atoms with Gasteiger partial charge in [0.1, 0.15) is 11.6 Å². The predicted octanol–water partition coefficient (Wildman–Crippen LogP) is 3.69. The minimum absolute atomic E-state index is 0.0627. The molecular formula is C17H15FN4OS. The van der Waals surface area contributed by atoms with Crippen LogP contribution in [0, 0.1) is 12.7 Å². The molecule has 2 aromatic carbocycles. The molecule has 1 heterocycles. The van der Waals surface area contributed by atoms with Crippen LogP contribution in [0.2, 0.25) is 0 Å². The van der Waals surface area contributed by atoms with E-state index in [1.165, 1.54) is 16.8 Å². The van der Waals surface area contributed by atoms with Gasteiger partial charge in [0.15, 0.2) is 0 Å². The number of nitrogens with zero attached hydrogens (tertiary/aromatic N) is 3. The third kappa shape index (κ3) is 3.30. The molecule has 1 aromatic heterocycles. The highest BCUT2D eigenvalue weighted by Gasteiger charge is 2.16. The average molecular weight is 342 g/mol. The summed E-state index contributed by atoms with van der Waals surface area (Å²) < 4.78 is 14.5. The molecule has 0 saturated heterocycles. The minimum atomic E-state index is -0.388. The van der Waals surface area contributed by atoms with Crippen LogP contribution in [0.25, 0.3) is 5.69 Å². The maximum absolute atomic E-state index is 13.0. The average Bonchev–Trinajstić information content (AvgIpc) is 2.98. The molecule has 3 rings (SSSR count). The SMILES string of the molecule is CSc1ccccc1NC(=O)c1nc(C)n(-c2ccc(F)cc2)n1. The van der Waals surface area contributed by atoms with E-state index in [0.29, 0.717) is 17.2 Å². The number of halogens is 1. The number of benzene rings is 2. The topological polar surface area (TPSA) is 59.8 Å². The molecule has 1 N–H and O–H groups in total. The van der Waals surface area contributed by atoms with Crippen molar-refractivity contribution in [3.8, 4) is 5.69 Å². The Morgan fingerprint density at radius 1 is 1.17 bits per heavy atom. The van der Waals surface area contributed by atoms with E-state index < -0.39 is 0 Å². The molecule has 0 aliphatic heterocycles. The summed E-state index contributed by atoms with van der Waals surface area (Å²) in [6.07, 6.45) is 1.94. The molecule has 3 aromatic rings. The summed E-state index contributed by atoms with van der Waals surface area (Å²) in [5, 5.41) is 7.05. The Balaban J connectivity index is 1.86. The van der Waals surface area contributed by atoms with Gasteiger partial charge < -0.3 is 5.32 Å². The molecule has 24 heavy (non-hydrogen) atoms. The molecule has 0 fully saturated rings. The largest absolute Gasteiger partial charge is 0.318 e. The van der Waals surface area contributed by atoms with Crippen molar-refractivity contribution < 1.29 is 9.18 Å². The molecule has 0 radical (unpaired) electrons. The zero-order chi connectivity index (χ0) is 17.1. The van der Waals surface area contributed by atoms with Crippen molar-refractivity contribution in [3.63, 3.8) is 0 Å². The maximum atomic E-state index is 13.0. The number of carbonyl (C=O) groups is 1. The Bertz CT molecular complexity index is 877. The number of thioether (sulfide) groups is 1. The van der Waals surface area contributed by atoms with Crippen LogP contribution in [0.5, 0.6) is 0 Å². The standard InChI is InChI=1S/C17H15FN4OS/c1-11-19-16(21-22(11)13-9-7-12(18)8-10-13)17(23)20-14-5-3-4-6-15(14)24-2/h3-10H,1-2H3,(H,20,23). The summed E-state index contributed by atoms with van der Waals surface area (Å²) in [5.41, 5.74) is 1.36. The quantitative estimate of drug-likeness (QED) is 0.735. The summed E-state index contributed by atoms with van der Waals surface area (Å²) in [6, 6.07) is 13.4. The number of nitrogens with one attached hydrogen (secondary N) is 1. The molecule has 0 spiro atoms. The normalized spacial score (nSPS) is 10.6. The van der Waals surface area contributed by atoms with E-state index in [-0.39, 0.29) is 17.5 Å². The Morgan fingerprint density at radius 2 is 1.88 bits per heavy atom. The number of aromatic nitrogens is 3. The van der Waals surface area contributed by atoms with Gasteiger partial charge in [-0.2, -0.15) is 0 Å². The van der Waals surface area contributed by atoms with E-state index in [4.69, 9.17) is 0 Å². The van der Waals surface area contributed by atoms with E-state index in [1.54, 1.807) is 30.8 Å². The molecule has 0 bridgehead atoms. The van der Waals surface area contributed by atoms with Crippen molar-refractivity contribution >= 4 is 23.4 Å². The lowest BCUT2D eigenvalue weighted by Crippen LogP contribution is -2.14. The number of hydrogen-bond donors (Lipinski definition) is 1. The molecule has 122 valence electrons. The number of amides is 1. The monoisotopic (exact) mass is 342 g/mol. The molecule has 0 atom stereocenters. The highest BCUT2D eigenvalue weighted by molar-refractivity contribution is 7.98.